The summed E-state index contributed by atoms with van der Waals surface area (Å²) in [5, 5.41) is 9.54. The van der Waals surface area contributed by atoms with Crippen LogP contribution in [0.4, 0.5) is 36.8 Å². The van der Waals surface area contributed by atoms with Gasteiger partial charge in [0.05, 0.1) is 18.4 Å². The third-order valence-electron chi connectivity index (χ3n) is 6.64. The van der Waals surface area contributed by atoms with Crippen molar-refractivity contribution >= 4 is 11.8 Å². The molecule has 1 N–H and O–H groups in total. The van der Waals surface area contributed by atoms with Crippen molar-refractivity contribution in [2.45, 2.75) is 96.1 Å². The maximum Gasteiger partial charge on any atom is 0.426 e. The highest BCUT2D eigenvalue weighted by molar-refractivity contribution is 5.89. The van der Waals surface area contributed by atoms with Crippen molar-refractivity contribution in [3.8, 4) is 17.5 Å². The lowest BCUT2D eigenvalue weighted by atomic mass is 9.94. The van der Waals surface area contributed by atoms with E-state index in [0.29, 0.717) is 18.1 Å². The van der Waals surface area contributed by atoms with Gasteiger partial charge in [0.25, 0.3) is 11.8 Å². The molecular weight excluding hydrogens is 598 g/mol. The van der Waals surface area contributed by atoms with Crippen molar-refractivity contribution in [3.63, 3.8) is 0 Å². The minimum atomic E-state index is -5.03. The highest BCUT2D eigenvalue weighted by Gasteiger charge is 2.61. The first-order valence-electron chi connectivity index (χ1n) is 13.9. The Morgan fingerprint density at radius 2 is 1.75 bits per heavy atom. The van der Waals surface area contributed by atoms with Crippen molar-refractivity contribution in [1.29, 1.82) is 0 Å². The van der Waals surface area contributed by atoms with E-state index in [1.54, 1.807) is 30.3 Å². The summed E-state index contributed by atoms with van der Waals surface area (Å²) < 4.78 is 109. The Bertz CT molecular complexity index is 1440. The van der Waals surface area contributed by atoms with Gasteiger partial charge in [0.15, 0.2) is 5.69 Å². The van der Waals surface area contributed by atoms with E-state index >= 15 is 0 Å². The van der Waals surface area contributed by atoms with Crippen molar-refractivity contribution in [2.24, 2.45) is 0 Å². The second-order valence-electron chi connectivity index (χ2n) is 11.4. The number of aromatic nitrogens is 3. The van der Waals surface area contributed by atoms with Gasteiger partial charge in [-0.25, -0.2) is 9.78 Å². The minimum Gasteiger partial charge on any atom is -0.474 e. The number of halogens is 6. The van der Waals surface area contributed by atoms with Crippen LogP contribution in [-0.4, -0.2) is 39.2 Å². The molecule has 0 aliphatic carbocycles. The number of alkyl halides is 6. The van der Waals surface area contributed by atoms with Crippen LogP contribution in [0, 0.1) is 0 Å². The second-order valence-corrected chi connectivity index (χ2v) is 11.4. The monoisotopic (exact) mass is 630 g/mol. The number of anilines is 1. The number of hydrogen-bond acceptors (Lipinski definition) is 8. The fourth-order valence-corrected chi connectivity index (χ4v) is 4.54. The van der Waals surface area contributed by atoms with Crippen molar-refractivity contribution in [3.05, 3.63) is 53.4 Å². The molecule has 0 fully saturated rings. The van der Waals surface area contributed by atoms with Gasteiger partial charge in [0.2, 0.25) is 11.5 Å². The van der Waals surface area contributed by atoms with E-state index in [2.05, 4.69) is 20.5 Å². The second kappa shape index (κ2) is 12.6. The molecule has 2 aromatic heterocycles. The van der Waals surface area contributed by atoms with Crippen LogP contribution in [0.15, 0.2) is 40.8 Å². The van der Waals surface area contributed by atoms with Crippen LogP contribution >= 0.6 is 0 Å². The van der Waals surface area contributed by atoms with Crippen molar-refractivity contribution in [2.75, 3.05) is 5.32 Å². The molecule has 44 heavy (non-hydrogen) atoms. The molecule has 4 rings (SSSR count). The molecule has 0 saturated carbocycles. The molecule has 15 heteroatoms. The third-order valence-corrected chi connectivity index (χ3v) is 6.64. The predicted molar refractivity (Wildman–Crippen MR) is 145 cm³/mol. The lowest BCUT2D eigenvalue weighted by Crippen LogP contribution is -2.45. The van der Waals surface area contributed by atoms with Crippen LogP contribution < -0.4 is 10.1 Å². The van der Waals surface area contributed by atoms with Gasteiger partial charge < -0.3 is 18.6 Å². The maximum absolute atomic E-state index is 14.9. The van der Waals surface area contributed by atoms with Gasteiger partial charge in [-0.15, -0.1) is 10.2 Å². The number of nitrogens with zero attached hydrogens (tertiary/aromatic N) is 3. The molecule has 2 atom stereocenters. The molecular formula is C29H32F6N4O5. The number of amides is 1. The third kappa shape index (κ3) is 7.79. The van der Waals surface area contributed by atoms with E-state index in [1.807, 2.05) is 0 Å². The molecule has 1 aliphatic heterocycles. The highest BCUT2D eigenvalue weighted by Crippen LogP contribution is 2.48. The van der Waals surface area contributed by atoms with Gasteiger partial charge in [-0.05, 0) is 65.0 Å². The van der Waals surface area contributed by atoms with Gasteiger partial charge in [0, 0.05) is 0 Å². The van der Waals surface area contributed by atoms with E-state index in [0.717, 1.165) is 0 Å². The van der Waals surface area contributed by atoms with Gasteiger partial charge in [-0.1, -0.05) is 36.8 Å². The number of fused-ring (bicyclic) bond motifs is 5. The number of nitrogens with one attached hydrogen (secondary N) is 1. The maximum atomic E-state index is 14.9. The first-order valence-corrected chi connectivity index (χ1v) is 13.9. The number of benzene rings is 1. The lowest BCUT2D eigenvalue weighted by molar-refractivity contribution is -0.300. The van der Waals surface area contributed by atoms with Gasteiger partial charge in [0.1, 0.15) is 11.2 Å². The molecule has 1 aromatic carbocycles. The Hall–Kier alpha value is -3.88. The molecule has 0 spiro atoms. The zero-order valence-corrected chi connectivity index (χ0v) is 24.4. The molecule has 4 bridgehead atoms. The Labute approximate surface area is 249 Å². The number of carbonyl (C=O) groups excluding carboxylic acids is 1. The summed E-state index contributed by atoms with van der Waals surface area (Å²) in [6, 6.07) is 8.72. The van der Waals surface area contributed by atoms with Crippen LogP contribution in [0.2, 0.25) is 0 Å². The van der Waals surface area contributed by atoms with Gasteiger partial charge in [-0.2, -0.15) is 26.3 Å². The zero-order valence-electron chi connectivity index (χ0n) is 24.4. The highest BCUT2D eigenvalue weighted by atomic mass is 19.4. The number of rotatable bonds is 4. The lowest BCUT2D eigenvalue weighted by Gasteiger charge is -2.32. The summed E-state index contributed by atoms with van der Waals surface area (Å²) in [4.78, 5) is 16.5. The first kappa shape index (κ1) is 33.0. The SMILES string of the molecule is C[C@@H]1CCCCC[C@](OCc2ccccc2)(C(F)(F)F)c2nnc(o2)-c2nc(c(C(F)(F)F)cc2NC(=O)OC(C)(C)C)O1. The topological polar surface area (TPSA) is 109 Å². The van der Waals surface area contributed by atoms with E-state index in [1.165, 1.54) is 27.7 Å². The fourth-order valence-electron chi connectivity index (χ4n) is 4.54. The van der Waals surface area contributed by atoms with Crippen LogP contribution in [0.5, 0.6) is 5.88 Å². The molecule has 0 radical (unpaired) electrons. The van der Waals surface area contributed by atoms with Crippen LogP contribution in [0.1, 0.15) is 76.8 Å². The molecule has 1 amide bonds. The quantitative estimate of drug-likeness (QED) is 0.288. The molecule has 0 saturated heterocycles. The van der Waals surface area contributed by atoms with Crippen LogP contribution in [0.3, 0.4) is 0 Å². The minimum absolute atomic E-state index is 0.0154. The first-order chi connectivity index (χ1) is 20.5. The molecule has 0 unspecified atom stereocenters. The number of hydrogen-bond donors (Lipinski definition) is 1. The largest absolute Gasteiger partial charge is 0.474 e. The summed E-state index contributed by atoms with van der Waals surface area (Å²) in [5.41, 5.74) is -6.11. The van der Waals surface area contributed by atoms with Gasteiger partial charge >= 0.3 is 18.4 Å². The predicted octanol–water partition coefficient (Wildman–Crippen LogP) is 8.20. The normalized spacial score (nSPS) is 19.9. The van der Waals surface area contributed by atoms with E-state index in [-0.39, 0.29) is 19.3 Å². The van der Waals surface area contributed by atoms with E-state index < -0.39 is 83.4 Å². The Morgan fingerprint density at radius 3 is 2.39 bits per heavy atom. The van der Waals surface area contributed by atoms with Crippen molar-refractivity contribution < 1.29 is 49.8 Å². The molecule has 1 aliphatic rings. The van der Waals surface area contributed by atoms with Crippen molar-refractivity contribution in [1.82, 2.24) is 15.2 Å². The molecule has 240 valence electrons. The smallest absolute Gasteiger partial charge is 0.426 e. The standard InChI is InChI=1S/C29H32F6N4O5/c1-17-11-7-6-10-14-27(29(33,34)35,41-16-18-12-8-5-9-13-18)24-39-38-23(43-24)21-20(36-25(40)44-26(2,3)4)15-19(28(30,31)32)22(37-21)42-17/h5,8-9,12-13,15,17H,6-7,10-11,14,16H2,1-4H3,(H,36,40)/t17-,27-/m1/s1. The van der Waals surface area contributed by atoms with E-state index in [9.17, 15) is 31.1 Å². The molecule has 3 heterocycles. The summed E-state index contributed by atoms with van der Waals surface area (Å²) in [6.07, 6.45) is -11.7. The summed E-state index contributed by atoms with van der Waals surface area (Å²) >= 11 is 0. The average Bonchev–Trinajstić information content (AvgIpc) is 3.39. The Morgan fingerprint density at radius 1 is 1.05 bits per heavy atom. The Balaban J connectivity index is 1.89. The fraction of sp³-hybridized carbons (Fsp3) is 0.517. The average molecular weight is 631 g/mol. The van der Waals surface area contributed by atoms with Crippen LogP contribution in [0.25, 0.3) is 11.6 Å². The number of pyridine rings is 1. The molecule has 3 aromatic rings. The summed E-state index contributed by atoms with van der Waals surface area (Å²) in [5.74, 6) is -2.53. The number of carbonyl (C=O) groups is 1. The molecule has 9 nitrogen and oxygen atoms in total. The zero-order chi connectivity index (χ0) is 32.3. The van der Waals surface area contributed by atoms with E-state index in [4.69, 9.17) is 18.6 Å². The Kier molecular flexibility index (Phi) is 9.47. The summed E-state index contributed by atoms with van der Waals surface area (Å²) in [7, 11) is 0. The van der Waals surface area contributed by atoms with Gasteiger partial charge in [-0.3, -0.25) is 5.32 Å². The summed E-state index contributed by atoms with van der Waals surface area (Å²) in [6.45, 7) is 5.67. The number of ether oxygens (including phenoxy) is 3. The van der Waals surface area contributed by atoms with Crippen LogP contribution in [-0.2, 0) is 27.9 Å².